The van der Waals surface area contributed by atoms with Gasteiger partial charge in [0.2, 0.25) is 5.91 Å². The number of hydrogen-bond donors (Lipinski definition) is 1. The van der Waals surface area contributed by atoms with Crippen LogP contribution in [0.5, 0.6) is 0 Å². The fourth-order valence-electron chi connectivity index (χ4n) is 2.41. The summed E-state index contributed by atoms with van der Waals surface area (Å²) in [6, 6.07) is 5.52. The van der Waals surface area contributed by atoms with E-state index in [0.717, 1.165) is 4.47 Å². The van der Waals surface area contributed by atoms with Crippen molar-refractivity contribution in [2.75, 3.05) is 0 Å². The highest BCUT2D eigenvalue weighted by Crippen LogP contribution is 2.32. The second kappa shape index (κ2) is 5.60. The number of carbonyl (C=O) groups excluding carboxylic acids is 1. The van der Waals surface area contributed by atoms with E-state index in [1.165, 1.54) is 23.7 Å². The highest BCUT2D eigenvalue weighted by molar-refractivity contribution is 9.10. The minimum Gasteiger partial charge on any atom is -0.352 e. The molecule has 1 aromatic carbocycles. The summed E-state index contributed by atoms with van der Waals surface area (Å²) in [6.45, 7) is 2.01. The van der Waals surface area contributed by atoms with Gasteiger partial charge in [-0.3, -0.25) is 14.2 Å². The van der Waals surface area contributed by atoms with Crippen LogP contribution in [0.1, 0.15) is 19.8 Å². The van der Waals surface area contributed by atoms with Gasteiger partial charge < -0.3 is 5.32 Å². The van der Waals surface area contributed by atoms with Crippen LogP contribution in [0.25, 0.3) is 10.9 Å². The fourth-order valence-corrected chi connectivity index (χ4v) is 2.77. The first-order valence-corrected chi connectivity index (χ1v) is 7.78. The van der Waals surface area contributed by atoms with E-state index in [-0.39, 0.29) is 24.1 Å². The Morgan fingerprint density at radius 3 is 3.00 bits per heavy atom. The van der Waals surface area contributed by atoms with Gasteiger partial charge in [0.05, 0.1) is 17.2 Å². The molecule has 1 aromatic heterocycles. The molecule has 1 N–H and O–H groups in total. The Bertz CT molecular complexity index is 752. The van der Waals surface area contributed by atoms with Gasteiger partial charge in [-0.25, -0.2) is 4.98 Å². The van der Waals surface area contributed by atoms with E-state index < -0.39 is 0 Å². The summed E-state index contributed by atoms with van der Waals surface area (Å²) in [6.07, 6.45) is 3.78. The van der Waals surface area contributed by atoms with E-state index in [9.17, 15) is 9.59 Å². The molecule has 0 bridgehead atoms. The summed E-state index contributed by atoms with van der Waals surface area (Å²) < 4.78 is 2.17. The number of carbonyl (C=O) groups is 1. The standard InChI is InChI=1S/C15H16BrN3O2/c1-9(10-2-3-10)18-14(20)7-19-8-17-13-5-4-11(16)6-12(13)15(19)21/h4-6,8-10H,2-3,7H2,1H3,(H,18,20)/t9-/m1/s1. The van der Waals surface area contributed by atoms with Crippen LogP contribution in [0, 0.1) is 5.92 Å². The summed E-state index contributed by atoms with van der Waals surface area (Å²) >= 11 is 3.34. The topological polar surface area (TPSA) is 64.0 Å². The Morgan fingerprint density at radius 1 is 1.52 bits per heavy atom. The highest BCUT2D eigenvalue weighted by atomic mass is 79.9. The van der Waals surface area contributed by atoms with Gasteiger partial charge in [0.15, 0.2) is 0 Å². The smallest absolute Gasteiger partial charge is 0.261 e. The van der Waals surface area contributed by atoms with E-state index in [0.29, 0.717) is 16.8 Å². The van der Waals surface area contributed by atoms with Crippen molar-refractivity contribution in [2.24, 2.45) is 5.92 Å². The number of rotatable bonds is 4. The summed E-state index contributed by atoms with van der Waals surface area (Å²) in [5.74, 6) is 0.448. The van der Waals surface area contributed by atoms with Gasteiger partial charge in [0, 0.05) is 10.5 Å². The molecule has 1 saturated carbocycles. The van der Waals surface area contributed by atoms with Crippen molar-refractivity contribution in [3.8, 4) is 0 Å². The molecular weight excluding hydrogens is 334 g/mol. The summed E-state index contributed by atoms with van der Waals surface area (Å²) in [5.41, 5.74) is 0.432. The monoisotopic (exact) mass is 349 g/mol. The number of aromatic nitrogens is 2. The quantitative estimate of drug-likeness (QED) is 0.918. The zero-order valence-corrected chi connectivity index (χ0v) is 13.3. The van der Waals surface area contributed by atoms with Gasteiger partial charge in [-0.15, -0.1) is 0 Å². The Morgan fingerprint density at radius 2 is 2.29 bits per heavy atom. The van der Waals surface area contributed by atoms with Gasteiger partial charge in [-0.2, -0.15) is 0 Å². The maximum atomic E-state index is 12.4. The van der Waals surface area contributed by atoms with Crippen molar-refractivity contribution in [3.63, 3.8) is 0 Å². The molecule has 6 heteroatoms. The number of benzene rings is 1. The predicted octanol–water partition coefficient (Wildman–Crippen LogP) is 2.07. The van der Waals surface area contributed by atoms with Crippen LogP contribution in [0.4, 0.5) is 0 Å². The molecule has 0 unspecified atom stereocenters. The lowest BCUT2D eigenvalue weighted by molar-refractivity contribution is -0.122. The number of hydrogen-bond acceptors (Lipinski definition) is 3. The van der Waals surface area contributed by atoms with Gasteiger partial charge in [0.25, 0.3) is 5.56 Å². The predicted molar refractivity (Wildman–Crippen MR) is 84.0 cm³/mol. The summed E-state index contributed by atoms with van der Waals surface area (Å²) in [4.78, 5) is 28.6. The van der Waals surface area contributed by atoms with Crippen molar-refractivity contribution in [2.45, 2.75) is 32.4 Å². The van der Waals surface area contributed by atoms with Crippen molar-refractivity contribution >= 4 is 32.7 Å². The molecule has 3 rings (SSSR count). The first-order chi connectivity index (χ1) is 10.0. The Balaban J connectivity index is 1.81. The highest BCUT2D eigenvalue weighted by Gasteiger charge is 2.28. The van der Waals surface area contributed by atoms with Crippen molar-refractivity contribution < 1.29 is 4.79 Å². The molecular formula is C15H16BrN3O2. The molecule has 1 atom stereocenters. The van der Waals surface area contributed by atoms with Crippen molar-refractivity contribution in [3.05, 3.63) is 39.4 Å². The molecule has 0 spiro atoms. The number of amides is 1. The molecule has 1 aliphatic rings. The van der Waals surface area contributed by atoms with E-state index in [1.807, 2.05) is 13.0 Å². The minimum atomic E-state index is -0.199. The number of fused-ring (bicyclic) bond motifs is 1. The van der Waals surface area contributed by atoms with Crippen LogP contribution < -0.4 is 10.9 Å². The third kappa shape index (κ3) is 3.15. The first-order valence-electron chi connectivity index (χ1n) is 6.98. The summed E-state index contributed by atoms with van der Waals surface area (Å²) in [7, 11) is 0. The van der Waals surface area contributed by atoms with Crippen LogP contribution in [0.2, 0.25) is 0 Å². The van der Waals surface area contributed by atoms with Crippen LogP contribution >= 0.6 is 15.9 Å². The second-order valence-corrected chi connectivity index (χ2v) is 6.45. The number of nitrogens with one attached hydrogen (secondary N) is 1. The molecule has 0 aliphatic heterocycles. The van der Waals surface area contributed by atoms with Crippen LogP contribution in [-0.2, 0) is 11.3 Å². The maximum absolute atomic E-state index is 12.4. The molecule has 2 aromatic rings. The average Bonchev–Trinajstić information content (AvgIpc) is 3.27. The molecule has 1 heterocycles. The normalized spacial score (nSPS) is 15.9. The van der Waals surface area contributed by atoms with Crippen LogP contribution in [-0.4, -0.2) is 21.5 Å². The van der Waals surface area contributed by atoms with Crippen molar-refractivity contribution in [1.82, 2.24) is 14.9 Å². The molecule has 1 amide bonds. The molecule has 0 saturated heterocycles. The lowest BCUT2D eigenvalue weighted by Gasteiger charge is -2.13. The Labute approximate surface area is 130 Å². The van der Waals surface area contributed by atoms with E-state index >= 15 is 0 Å². The fraction of sp³-hybridized carbons (Fsp3) is 0.400. The van der Waals surface area contributed by atoms with Crippen molar-refractivity contribution in [1.29, 1.82) is 0 Å². The lowest BCUT2D eigenvalue weighted by atomic mass is 10.2. The lowest BCUT2D eigenvalue weighted by Crippen LogP contribution is -2.38. The molecule has 1 aliphatic carbocycles. The number of nitrogens with zero attached hydrogens (tertiary/aromatic N) is 2. The number of halogens is 1. The first kappa shape index (κ1) is 14.3. The average molecular weight is 350 g/mol. The third-order valence-electron chi connectivity index (χ3n) is 3.82. The maximum Gasteiger partial charge on any atom is 0.261 e. The second-order valence-electron chi connectivity index (χ2n) is 5.53. The van der Waals surface area contributed by atoms with Gasteiger partial charge >= 0.3 is 0 Å². The molecule has 110 valence electrons. The van der Waals surface area contributed by atoms with Gasteiger partial charge in [-0.1, -0.05) is 15.9 Å². The SMILES string of the molecule is C[C@@H](NC(=O)Cn1cnc2ccc(Br)cc2c1=O)C1CC1. The minimum absolute atomic E-state index is 0.00530. The van der Waals surface area contributed by atoms with E-state index in [1.54, 1.807) is 12.1 Å². The van der Waals surface area contributed by atoms with E-state index in [2.05, 4.69) is 26.2 Å². The Kier molecular flexibility index (Phi) is 3.80. The van der Waals surface area contributed by atoms with Crippen LogP contribution in [0.15, 0.2) is 33.8 Å². The van der Waals surface area contributed by atoms with E-state index in [4.69, 9.17) is 0 Å². The molecule has 1 fully saturated rings. The van der Waals surface area contributed by atoms with Gasteiger partial charge in [0.1, 0.15) is 6.54 Å². The zero-order chi connectivity index (χ0) is 15.0. The summed E-state index contributed by atoms with van der Waals surface area (Å²) in [5, 5.41) is 3.45. The Hall–Kier alpha value is -1.69. The zero-order valence-electron chi connectivity index (χ0n) is 11.7. The van der Waals surface area contributed by atoms with Gasteiger partial charge in [-0.05, 0) is 43.9 Å². The molecule has 0 radical (unpaired) electrons. The third-order valence-corrected chi connectivity index (χ3v) is 4.31. The largest absolute Gasteiger partial charge is 0.352 e. The van der Waals surface area contributed by atoms with Crippen LogP contribution in [0.3, 0.4) is 0 Å². The molecule has 5 nitrogen and oxygen atoms in total. The molecule has 21 heavy (non-hydrogen) atoms.